The Kier molecular flexibility index (Phi) is 8.31. The van der Waals surface area contributed by atoms with Gasteiger partial charge in [0, 0.05) is 39.8 Å². The molecule has 4 rings (SSSR count). The van der Waals surface area contributed by atoms with Gasteiger partial charge in [0.25, 0.3) is 0 Å². The third kappa shape index (κ3) is 7.60. The molecule has 2 aromatic carbocycles. The predicted octanol–water partition coefficient (Wildman–Crippen LogP) is 5.14. The summed E-state index contributed by atoms with van der Waals surface area (Å²) in [6.07, 6.45) is 2.61. The maximum atomic E-state index is 12.5. The van der Waals surface area contributed by atoms with Crippen molar-refractivity contribution in [2.75, 3.05) is 36.4 Å². The zero-order valence-corrected chi connectivity index (χ0v) is 23.8. The Morgan fingerprint density at radius 1 is 1.08 bits per heavy atom. The zero-order valence-electron chi connectivity index (χ0n) is 22.1. The van der Waals surface area contributed by atoms with Crippen LogP contribution in [-0.2, 0) is 15.3 Å². The van der Waals surface area contributed by atoms with Gasteiger partial charge >= 0.3 is 6.03 Å². The van der Waals surface area contributed by atoms with Gasteiger partial charge in [0.05, 0.1) is 18.4 Å². The average Bonchev–Trinajstić information content (AvgIpc) is 3.32. The van der Waals surface area contributed by atoms with Gasteiger partial charge in [-0.05, 0) is 24.3 Å². The van der Waals surface area contributed by atoms with Crippen molar-refractivity contribution in [1.29, 1.82) is 0 Å². The molecule has 2 heterocycles. The van der Waals surface area contributed by atoms with Crippen LogP contribution in [0.4, 0.5) is 16.3 Å². The Labute approximate surface area is 230 Å². The summed E-state index contributed by atoms with van der Waals surface area (Å²) in [7, 11) is -1.68. The minimum Gasteiger partial charge on any atom is -0.493 e. The molecule has 11 nitrogen and oxygen atoms in total. The molecule has 0 unspecified atom stereocenters. The van der Waals surface area contributed by atoms with Crippen LogP contribution in [0, 0.1) is 0 Å². The quantitative estimate of drug-likeness (QED) is 0.259. The van der Waals surface area contributed by atoms with Crippen molar-refractivity contribution < 1.29 is 27.2 Å². The van der Waals surface area contributed by atoms with Gasteiger partial charge in [-0.25, -0.2) is 23.2 Å². The van der Waals surface area contributed by atoms with Crippen LogP contribution >= 0.6 is 11.8 Å². The molecule has 0 atom stereocenters. The first-order valence-electron chi connectivity index (χ1n) is 11.9. The summed E-state index contributed by atoms with van der Waals surface area (Å²) in [5, 5.41) is 10.7. The van der Waals surface area contributed by atoms with Crippen molar-refractivity contribution in [3.63, 3.8) is 0 Å². The smallest absolute Gasteiger partial charge is 0.324 e. The monoisotopic (exact) mass is 571 g/mol. The third-order valence-corrected chi connectivity index (χ3v) is 7.31. The summed E-state index contributed by atoms with van der Waals surface area (Å²) in [5.74, 6) is 1.68. The number of nitrogens with one attached hydrogen (secondary N) is 2. The van der Waals surface area contributed by atoms with Crippen LogP contribution in [0.2, 0.25) is 0 Å². The molecule has 2 N–H and O–H groups in total. The van der Waals surface area contributed by atoms with Crippen LogP contribution in [0.3, 0.4) is 0 Å². The van der Waals surface area contributed by atoms with Crippen molar-refractivity contribution in [2.45, 2.75) is 36.1 Å². The maximum absolute atomic E-state index is 12.5. The summed E-state index contributed by atoms with van der Waals surface area (Å²) in [4.78, 5) is 22.1. The fourth-order valence-corrected chi connectivity index (χ4v) is 4.73. The Bertz CT molecular complexity index is 1600. The lowest BCUT2D eigenvalue weighted by atomic mass is 9.93. The van der Waals surface area contributed by atoms with E-state index in [1.165, 1.54) is 25.2 Å². The number of anilines is 2. The normalized spacial score (nSPS) is 11.8. The zero-order chi connectivity index (χ0) is 28.2. The first-order valence-corrected chi connectivity index (χ1v) is 14.8. The topological polar surface area (TPSA) is 146 Å². The van der Waals surface area contributed by atoms with E-state index in [1.54, 1.807) is 24.3 Å². The van der Waals surface area contributed by atoms with Crippen molar-refractivity contribution in [3.8, 4) is 11.5 Å². The highest BCUT2D eigenvalue weighted by atomic mass is 32.2. The lowest BCUT2D eigenvalue weighted by Gasteiger charge is -2.13. The van der Waals surface area contributed by atoms with E-state index in [2.05, 4.69) is 25.8 Å². The van der Waals surface area contributed by atoms with Crippen LogP contribution in [0.1, 0.15) is 26.5 Å². The average molecular weight is 572 g/mol. The third-order valence-electron chi connectivity index (χ3n) is 5.39. The Morgan fingerprint density at radius 2 is 1.87 bits per heavy atom. The number of urea groups is 1. The number of carbonyl (C=O) groups is 1. The van der Waals surface area contributed by atoms with Crippen molar-refractivity contribution in [3.05, 3.63) is 54.6 Å². The highest BCUT2D eigenvalue weighted by Gasteiger charge is 2.20. The van der Waals surface area contributed by atoms with E-state index in [1.807, 2.05) is 39.0 Å². The van der Waals surface area contributed by atoms with Crippen LogP contribution in [0.25, 0.3) is 10.9 Å². The number of amides is 2. The second-order valence-electron chi connectivity index (χ2n) is 9.71. The molecule has 0 bridgehead atoms. The first-order chi connectivity index (χ1) is 18.4. The Hall–Kier alpha value is -3.84. The maximum Gasteiger partial charge on any atom is 0.324 e. The lowest BCUT2D eigenvalue weighted by Crippen LogP contribution is -2.19. The van der Waals surface area contributed by atoms with Crippen molar-refractivity contribution >= 4 is 50.0 Å². The van der Waals surface area contributed by atoms with Gasteiger partial charge in [-0.1, -0.05) is 43.8 Å². The molecule has 4 aromatic rings. The van der Waals surface area contributed by atoms with E-state index in [-0.39, 0.29) is 17.8 Å². The summed E-state index contributed by atoms with van der Waals surface area (Å²) < 4.78 is 39.4. The molecule has 0 aliphatic heterocycles. The van der Waals surface area contributed by atoms with Crippen LogP contribution in [0.5, 0.6) is 11.5 Å². The molecule has 2 aromatic heterocycles. The molecule has 0 saturated carbocycles. The standard InChI is InChI=1S/C26H29N5O6S2/c1-26(2,3)22-14-23(31-37-22)30-25(32)29-16-7-6-8-17(11-16)38-24-18-12-21(36-9-10-39(5,33)34)20(35-4)13-19(18)27-15-28-24/h6-8,11-15H,9-10H2,1-5H3,(H2,29,30,31,32). The van der Waals surface area contributed by atoms with Gasteiger partial charge in [-0.3, -0.25) is 5.32 Å². The van der Waals surface area contributed by atoms with Gasteiger partial charge in [0.1, 0.15) is 23.7 Å². The largest absolute Gasteiger partial charge is 0.493 e. The van der Waals surface area contributed by atoms with E-state index < -0.39 is 15.9 Å². The molecule has 0 aliphatic rings. The van der Waals surface area contributed by atoms with Gasteiger partial charge in [-0.2, -0.15) is 0 Å². The fraction of sp³-hybridized carbons (Fsp3) is 0.308. The number of methoxy groups -OCH3 is 1. The fourth-order valence-electron chi connectivity index (χ4n) is 3.41. The lowest BCUT2D eigenvalue weighted by molar-refractivity contribution is 0.262. The molecule has 0 aliphatic carbocycles. The molecule has 0 radical (unpaired) electrons. The molecule has 206 valence electrons. The number of rotatable bonds is 9. The van der Waals surface area contributed by atoms with E-state index >= 15 is 0 Å². The second-order valence-corrected chi connectivity index (χ2v) is 13.0. The molecule has 2 amide bonds. The van der Waals surface area contributed by atoms with E-state index in [9.17, 15) is 13.2 Å². The molecule has 13 heteroatoms. The number of benzene rings is 2. The number of sulfone groups is 1. The number of ether oxygens (including phenoxy) is 2. The van der Waals surface area contributed by atoms with Gasteiger partial charge < -0.3 is 19.3 Å². The highest BCUT2D eigenvalue weighted by molar-refractivity contribution is 7.99. The first kappa shape index (κ1) is 28.2. The molecular weight excluding hydrogens is 542 g/mol. The number of nitrogens with zero attached hydrogens (tertiary/aromatic N) is 3. The minimum absolute atomic E-state index is 0.0154. The number of hydrogen-bond donors (Lipinski definition) is 2. The number of aromatic nitrogens is 3. The van der Waals surface area contributed by atoms with Crippen LogP contribution in [0.15, 0.2) is 63.2 Å². The van der Waals surface area contributed by atoms with Gasteiger partial charge in [0.15, 0.2) is 27.2 Å². The SMILES string of the molecule is COc1cc2ncnc(Sc3cccc(NC(=O)Nc4cc(C(C)(C)C)on4)c3)c2cc1OCCS(C)(=O)=O. The summed E-state index contributed by atoms with van der Waals surface area (Å²) >= 11 is 1.38. The van der Waals surface area contributed by atoms with Gasteiger partial charge in [-0.15, -0.1) is 0 Å². The summed E-state index contributed by atoms with van der Waals surface area (Å²) in [5.41, 5.74) is 0.978. The van der Waals surface area contributed by atoms with E-state index in [0.717, 1.165) is 11.2 Å². The Balaban J connectivity index is 1.50. The predicted molar refractivity (Wildman–Crippen MR) is 150 cm³/mol. The van der Waals surface area contributed by atoms with Crippen LogP contribution in [-0.4, -0.2) is 55.3 Å². The van der Waals surface area contributed by atoms with E-state index in [0.29, 0.717) is 44.7 Å². The second kappa shape index (κ2) is 11.5. The Morgan fingerprint density at radius 3 is 2.56 bits per heavy atom. The molecule has 0 fully saturated rings. The van der Waals surface area contributed by atoms with E-state index in [4.69, 9.17) is 14.0 Å². The van der Waals surface area contributed by atoms with Crippen LogP contribution < -0.4 is 20.1 Å². The molecule has 0 saturated heterocycles. The molecule has 39 heavy (non-hydrogen) atoms. The van der Waals surface area contributed by atoms with Crippen molar-refractivity contribution in [1.82, 2.24) is 15.1 Å². The number of fused-ring (bicyclic) bond motifs is 1. The summed E-state index contributed by atoms with van der Waals surface area (Å²) in [6, 6.07) is 12.0. The highest BCUT2D eigenvalue weighted by Crippen LogP contribution is 2.37. The number of carbonyl (C=O) groups excluding carboxylic acids is 1. The van der Waals surface area contributed by atoms with Crippen molar-refractivity contribution in [2.24, 2.45) is 0 Å². The van der Waals surface area contributed by atoms with Gasteiger partial charge in [0.2, 0.25) is 0 Å². The number of hydrogen-bond acceptors (Lipinski definition) is 10. The minimum atomic E-state index is -3.18. The molecule has 0 spiro atoms. The summed E-state index contributed by atoms with van der Waals surface area (Å²) in [6.45, 7) is 5.96. The molecular formula is C26H29N5O6S2.